The molecule has 1 unspecified atom stereocenters. The van der Waals surface area contributed by atoms with E-state index in [1.54, 1.807) is 0 Å². The van der Waals surface area contributed by atoms with Gasteiger partial charge in [-0.15, -0.1) is 0 Å². The predicted molar refractivity (Wildman–Crippen MR) is 74.8 cm³/mol. The van der Waals surface area contributed by atoms with Crippen LogP contribution in [0, 0.1) is 5.92 Å². The lowest BCUT2D eigenvalue weighted by molar-refractivity contribution is -0.122. The zero-order valence-electron chi connectivity index (χ0n) is 10.7. The van der Waals surface area contributed by atoms with Crippen LogP contribution in [0.25, 0.3) is 0 Å². The molecule has 1 atom stereocenters. The van der Waals surface area contributed by atoms with Crippen LogP contribution in [0.1, 0.15) is 45.2 Å². The summed E-state index contributed by atoms with van der Waals surface area (Å²) in [7, 11) is 0. The quantitative estimate of drug-likeness (QED) is 0.872. The van der Waals surface area contributed by atoms with Crippen LogP contribution in [0.2, 0.25) is 0 Å². The first-order valence-electron chi connectivity index (χ1n) is 6.07. The number of carbonyl (C=O) groups is 1. The third-order valence-electron chi connectivity index (χ3n) is 2.61. The standard InChI is InChI=1S/C14H20BrNO/c1-4-13(16-14(17)9-10(2)3)11-5-7-12(15)8-6-11/h5-8,10,13H,4,9H2,1-3H3,(H,16,17). The highest BCUT2D eigenvalue weighted by molar-refractivity contribution is 9.10. The van der Waals surface area contributed by atoms with Gasteiger partial charge in [0.15, 0.2) is 0 Å². The molecule has 0 aliphatic heterocycles. The van der Waals surface area contributed by atoms with Crippen LogP contribution >= 0.6 is 15.9 Å². The van der Waals surface area contributed by atoms with Gasteiger partial charge in [-0.05, 0) is 30.0 Å². The second-order valence-corrected chi connectivity index (χ2v) is 5.59. The van der Waals surface area contributed by atoms with Gasteiger partial charge in [0.1, 0.15) is 0 Å². The van der Waals surface area contributed by atoms with Crippen molar-refractivity contribution in [3.8, 4) is 0 Å². The van der Waals surface area contributed by atoms with E-state index < -0.39 is 0 Å². The summed E-state index contributed by atoms with van der Waals surface area (Å²) in [6.07, 6.45) is 1.50. The number of halogens is 1. The summed E-state index contributed by atoms with van der Waals surface area (Å²) in [4.78, 5) is 11.7. The number of carbonyl (C=O) groups excluding carboxylic acids is 1. The number of nitrogens with one attached hydrogen (secondary N) is 1. The fraction of sp³-hybridized carbons (Fsp3) is 0.500. The average Bonchev–Trinajstić information content (AvgIpc) is 2.26. The Morgan fingerprint density at radius 1 is 1.29 bits per heavy atom. The van der Waals surface area contributed by atoms with Crippen LogP contribution in [-0.2, 0) is 4.79 Å². The molecule has 0 heterocycles. The Labute approximate surface area is 112 Å². The third-order valence-corrected chi connectivity index (χ3v) is 3.14. The number of hydrogen-bond acceptors (Lipinski definition) is 1. The van der Waals surface area contributed by atoms with Crippen molar-refractivity contribution in [2.75, 3.05) is 0 Å². The number of amides is 1. The third kappa shape index (κ3) is 4.90. The number of benzene rings is 1. The molecule has 1 amide bonds. The minimum absolute atomic E-state index is 0.120. The Balaban J connectivity index is 2.65. The molecule has 2 nitrogen and oxygen atoms in total. The van der Waals surface area contributed by atoms with Crippen LogP contribution in [0.5, 0.6) is 0 Å². The van der Waals surface area contributed by atoms with Crippen LogP contribution in [0.4, 0.5) is 0 Å². The molecule has 1 N–H and O–H groups in total. The van der Waals surface area contributed by atoms with E-state index in [1.807, 2.05) is 24.3 Å². The van der Waals surface area contributed by atoms with Gasteiger partial charge in [-0.2, -0.15) is 0 Å². The molecule has 0 aliphatic rings. The van der Waals surface area contributed by atoms with Crippen molar-refractivity contribution < 1.29 is 4.79 Å². The molecule has 0 spiro atoms. The Kier molecular flexibility index (Phi) is 5.69. The van der Waals surface area contributed by atoms with Gasteiger partial charge >= 0.3 is 0 Å². The van der Waals surface area contributed by atoms with Crippen LogP contribution in [0.15, 0.2) is 28.7 Å². The van der Waals surface area contributed by atoms with Gasteiger partial charge in [0.05, 0.1) is 6.04 Å². The molecule has 94 valence electrons. The smallest absolute Gasteiger partial charge is 0.220 e. The van der Waals surface area contributed by atoms with Gasteiger partial charge in [0.25, 0.3) is 0 Å². The fourth-order valence-corrected chi connectivity index (χ4v) is 2.00. The number of rotatable bonds is 5. The lowest BCUT2D eigenvalue weighted by Gasteiger charge is -2.18. The summed E-state index contributed by atoms with van der Waals surface area (Å²) >= 11 is 3.41. The molecule has 0 bridgehead atoms. The van der Waals surface area contributed by atoms with Gasteiger partial charge < -0.3 is 5.32 Å². The van der Waals surface area contributed by atoms with Gasteiger partial charge in [-0.25, -0.2) is 0 Å². The van der Waals surface area contributed by atoms with Gasteiger partial charge in [0.2, 0.25) is 5.91 Å². The second-order valence-electron chi connectivity index (χ2n) is 4.68. The minimum atomic E-state index is 0.120. The summed E-state index contributed by atoms with van der Waals surface area (Å²) in [6.45, 7) is 6.20. The topological polar surface area (TPSA) is 29.1 Å². The Morgan fingerprint density at radius 2 is 1.88 bits per heavy atom. The van der Waals surface area contributed by atoms with Crippen molar-refractivity contribution >= 4 is 21.8 Å². The first-order valence-corrected chi connectivity index (χ1v) is 6.87. The van der Waals surface area contributed by atoms with E-state index in [-0.39, 0.29) is 11.9 Å². The molecule has 0 radical (unpaired) electrons. The Hall–Kier alpha value is -0.830. The summed E-state index contributed by atoms with van der Waals surface area (Å²) in [6, 6.07) is 8.23. The largest absolute Gasteiger partial charge is 0.349 e. The van der Waals surface area contributed by atoms with Crippen LogP contribution < -0.4 is 5.32 Å². The lowest BCUT2D eigenvalue weighted by Crippen LogP contribution is -2.28. The van der Waals surface area contributed by atoms with Crippen molar-refractivity contribution in [2.24, 2.45) is 5.92 Å². The Bertz CT molecular complexity index is 359. The molecule has 0 saturated carbocycles. The monoisotopic (exact) mass is 297 g/mol. The molecule has 0 saturated heterocycles. The van der Waals surface area contributed by atoms with Gasteiger partial charge in [-0.3, -0.25) is 4.79 Å². The minimum Gasteiger partial charge on any atom is -0.349 e. The predicted octanol–water partition coefficient (Wildman–Crippen LogP) is 4.06. The first-order chi connectivity index (χ1) is 8.02. The highest BCUT2D eigenvalue weighted by atomic mass is 79.9. The van der Waals surface area contributed by atoms with E-state index in [0.29, 0.717) is 12.3 Å². The maximum absolute atomic E-state index is 11.7. The maximum atomic E-state index is 11.7. The summed E-state index contributed by atoms with van der Waals surface area (Å²) in [5, 5.41) is 3.08. The molecule has 3 heteroatoms. The van der Waals surface area contributed by atoms with E-state index in [2.05, 4.69) is 42.0 Å². The fourth-order valence-electron chi connectivity index (χ4n) is 1.74. The second kappa shape index (κ2) is 6.80. The van der Waals surface area contributed by atoms with Crippen molar-refractivity contribution in [2.45, 2.75) is 39.7 Å². The summed E-state index contributed by atoms with van der Waals surface area (Å²) < 4.78 is 1.06. The van der Waals surface area contributed by atoms with Crippen molar-refractivity contribution in [3.05, 3.63) is 34.3 Å². The number of hydrogen-bond donors (Lipinski definition) is 1. The van der Waals surface area contributed by atoms with E-state index in [4.69, 9.17) is 0 Å². The molecular weight excluding hydrogens is 278 g/mol. The molecule has 0 fully saturated rings. The SMILES string of the molecule is CCC(NC(=O)CC(C)C)c1ccc(Br)cc1. The van der Waals surface area contributed by atoms with E-state index >= 15 is 0 Å². The van der Waals surface area contributed by atoms with Crippen molar-refractivity contribution in [1.82, 2.24) is 5.32 Å². The van der Waals surface area contributed by atoms with Gasteiger partial charge in [-0.1, -0.05) is 48.8 Å². The van der Waals surface area contributed by atoms with Crippen molar-refractivity contribution in [1.29, 1.82) is 0 Å². The summed E-state index contributed by atoms with van der Waals surface area (Å²) in [5.41, 5.74) is 1.16. The van der Waals surface area contributed by atoms with E-state index in [0.717, 1.165) is 16.5 Å². The zero-order valence-corrected chi connectivity index (χ0v) is 12.3. The van der Waals surface area contributed by atoms with E-state index in [1.165, 1.54) is 0 Å². The van der Waals surface area contributed by atoms with Crippen molar-refractivity contribution in [3.63, 3.8) is 0 Å². The van der Waals surface area contributed by atoms with Crippen LogP contribution in [-0.4, -0.2) is 5.91 Å². The van der Waals surface area contributed by atoms with Gasteiger partial charge in [0, 0.05) is 10.9 Å². The zero-order chi connectivity index (χ0) is 12.8. The summed E-state index contributed by atoms with van der Waals surface area (Å²) in [5.74, 6) is 0.534. The Morgan fingerprint density at radius 3 is 2.35 bits per heavy atom. The molecule has 1 aromatic carbocycles. The molecular formula is C14H20BrNO. The highest BCUT2D eigenvalue weighted by Gasteiger charge is 2.13. The normalized spacial score (nSPS) is 12.5. The first kappa shape index (κ1) is 14.2. The molecule has 1 rings (SSSR count). The maximum Gasteiger partial charge on any atom is 0.220 e. The van der Waals surface area contributed by atoms with Crippen LogP contribution in [0.3, 0.4) is 0 Å². The molecule has 1 aromatic rings. The molecule has 17 heavy (non-hydrogen) atoms. The average molecular weight is 298 g/mol. The lowest BCUT2D eigenvalue weighted by atomic mass is 10.0. The molecule has 0 aliphatic carbocycles. The highest BCUT2D eigenvalue weighted by Crippen LogP contribution is 2.19. The molecule has 0 aromatic heterocycles. The van der Waals surface area contributed by atoms with E-state index in [9.17, 15) is 4.79 Å².